The molecule has 1 aromatic carbocycles. The molecule has 0 saturated carbocycles. The Morgan fingerprint density at radius 1 is 1.08 bits per heavy atom. The molecular weight excluding hydrogens is 839 g/mol. The van der Waals surface area contributed by atoms with Gasteiger partial charge in [0.1, 0.15) is 29.2 Å². The second kappa shape index (κ2) is 22.3. The van der Waals surface area contributed by atoms with Gasteiger partial charge < -0.3 is 48.1 Å². The number of nitrogens with zero attached hydrogens (tertiary/aromatic N) is 4. The van der Waals surface area contributed by atoms with Gasteiger partial charge in [-0.05, 0) is 84.7 Å². The van der Waals surface area contributed by atoms with Crippen molar-refractivity contribution in [1.82, 2.24) is 15.4 Å². The number of benzene rings is 1. The average Bonchev–Trinajstić information content (AvgIpc) is 3.67. The lowest BCUT2D eigenvalue weighted by Gasteiger charge is -2.47. The van der Waals surface area contributed by atoms with E-state index in [1.54, 1.807) is 26.0 Å². The Labute approximate surface area is 383 Å². The third-order valence-corrected chi connectivity index (χ3v) is 13.1. The summed E-state index contributed by atoms with van der Waals surface area (Å²) in [6.07, 6.45) is -1.55. The number of ketones is 1. The summed E-state index contributed by atoms with van der Waals surface area (Å²) in [6.45, 7) is 23.9. The van der Waals surface area contributed by atoms with E-state index in [1.165, 1.54) is 20.8 Å². The van der Waals surface area contributed by atoms with E-state index >= 15 is 0 Å². The topological polar surface area (TPSA) is 204 Å². The molecule has 1 amide bonds. The summed E-state index contributed by atoms with van der Waals surface area (Å²) in [7, 11) is 3.74. The molecule has 0 spiro atoms. The van der Waals surface area contributed by atoms with Crippen LogP contribution in [0.3, 0.4) is 0 Å². The zero-order valence-corrected chi connectivity index (χ0v) is 40.2. The minimum Gasteiger partial charge on any atom is -0.459 e. The zero-order chi connectivity index (χ0) is 48.0. The number of carbonyl (C=O) groups excluding carboxylic acids is 3. The predicted molar refractivity (Wildman–Crippen MR) is 245 cm³/mol. The minimum atomic E-state index is -1.85. The molecule has 14 atom stereocenters. The number of hydrogen-bond acceptors (Lipinski definition) is 16. The first-order valence-electron chi connectivity index (χ1n) is 22.9. The van der Waals surface area contributed by atoms with E-state index < -0.39 is 89.3 Å². The number of likely N-dealkylation sites (N-methyl/N-ethyl adjacent to an activating group) is 1. The van der Waals surface area contributed by atoms with Gasteiger partial charge in [-0.25, -0.2) is 4.99 Å². The van der Waals surface area contributed by atoms with Gasteiger partial charge in [0.25, 0.3) is 6.01 Å². The fraction of sp³-hybridized carbons (Fsp3) is 0.688. The van der Waals surface area contributed by atoms with Crippen molar-refractivity contribution in [2.45, 2.75) is 148 Å². The van der Waals surface area contributed by atoms with Crippen molar-refractivity contribution in [3.05, 3.63) is 49.1 Å². The van der Waals surface area contributed by atoms with Gasteiger partial charge in [-0.15, -0.1) is 13.2 Å². The van der Waals surface area contributed by atoms with Crippen LogP contribution in [0.2, 0.25) is 0 Å². The first-order valence-corrected chi connectivity index (χ1v) is 22.9. The number of hydroxylamine groups is 1. The van der Waals surface area contributed by atoms with Crippen molar-refractivity contribution in [2.75, 3.05) is 45.3 Å². The Morgan fingerprint density at radius 3 is 2.40 bits per heavy atom. The monoisotopic (exact) mass is 912 g/mol. The molecule has 4 heterocycles. The van der Waals surface area contributed by atoms with Crippen LogP contribution in [0, 0.1) is 23.7 Å². The van der Waals surface area contributed by atoms with Crippen LogP contribution in [-0.2, 0) is 49.5 Å². The number of amides is 1. The van der Waals surface area contributed by atoms with E-state index in [4.69, 9.17) is 37.9 Å². The Bertz CT molecular complexity index is 1990. The van der Waals surface area contributed by atoms with E-state index in [0.717, 1.165) is 5.56 Å². The van der Waals surface area contributed by atoms with Gasteiger partial charge in [0, 0.05) is 43.6 Å². The number of rotatable bonds is 13. The minimum absolute atomic E-state index is 0.0620. The molecule has 3 fully saturated rings. The van der Waals surface area contributed by atoms with Crippen LogP contribution in [0.5, 0.6) is 0 Å². The number of hydrogen-bond donors (Lipinski definition) is 3. The molecular formula is C48H73N5O12. The number of aliphatic hydroxyl groups excluding tert-OH is 1. The molecule has 65 heavy (non-hydrogen) atoms. The largest absolute Gasteiger partial charge is 0.459 e. The van der Waals surface area contributed by atoms with Crippen LogP contribution in [0.4, 0.5) is 6.01 Å². The molecule has 3 aliphatic heterocycles. The quantitative estimate of drug-likeness (QED) is 0.105. The molecule has 2 bridgehead atoms. The molecule has 2 aromatic rings. The average molecular weight is 912 g/mol. The fourth-order valence-electron chi connectivity index (χ4n) is 9.68. The van der Waals surface area contributed by atoms with E-state index in [2.05, 4.69) is 23.6 Å². The molecule has 5 rings (SSSR count). The SMILES string of the molecule is C=CCN(CC=C)c1nc2cc(CONC3CO[C@@H]4[C@@H](C)C(=NC(C)=O)[C@H](C)C[C@@](C)(OC3)[C@H](O[C@H]3O[C@H](C)C[C@H](N(C)C)[C@H]3O)[C@@H](C)C(=O)[C@@H](C)C(=O)O[C@H](CC)[C@@]4(C)O)ccc2o1. The van der Waals surface area contributed by atoms with Gasteiger partial charge in [-0.2, -0.15) is 10.5 Å². The normalized spacial score (nSPS) is 36.1. The number of esters is 1. The number of cyclic esters (lactones) is 1. The summed E-state index contributed by atoms with van der Waals surface area (Å²) < 4.78 is 38.8. The molecule has 1 unspecified atom stereocenters. The number of aliphatic hydroxyl groups is 2. The molecule has 3 saturated heterocycles. The number of carbonyl (C=O) groups is 3. The number of anilines is 1. The molecule has 17 nitrogen and oxygen atoms in total. The van der Waals surface area contributed by atoms with Crippen molar-refractivity contribution in [3.63, 3.8) is 0 Å². The maximum Gasteiger partial charge on any atom is 0.316 e. The molecule has 3 aliphatic rings. The molecule has 362 valence electrons. The number of aromatic nitrogens is 1. The number of nitrogens with one attached hydrogen (secondary N) is 1. The Hall–Kier alpha value is -3.91. The summed E-state index contributed by atoms with van der Waals surface area (Å²) in [5.74, 6) is -5.30. The summed E-state index contributed by atoms with van der Waals surface area (Å²) in [4.78, 5) is 60.6. The highest BCUT2D eigenvalue weighted by Crippen LogP contribution is 2.40. The van der Waals surface area contributed by atoms with Crippen molar-refractivity contribution in [2.24, 2.45) is 28.7 Å². The smallest absolute Gasteiger partial charge is 0.316 e. The second-order valence-electron chi connectivity index (χ2n) is 18.8. The molecule has 17 heteroatoms. The molecule has 3 N–H and O–H groups in total. The number of Topliss-reactive ketones (excluding diaryl/α,β-unsaturated/α-hetero) is 1. The van der Waals surface area contributed by atoms with Crippen molar-refractivity contribution >= 4 is 40.5 Å². The number of aliphatic imine (C=N–C) groups is 1. The predicted octanol–water partition coefficient (Wildman–Crippen LogP) is 4.96. The van der Waals surface area contributed by atoms with Gasteiger partial charge in [0.15, 0.2) is 17.7 Å². The Balaban J connectivity index is 1.58. The van der Waals surface area contributed by atoms with E-state index in [0.29, 0.717) is 42.3 Å². The third-order valence-electron chi connectivity index (χ3n) is 13.1. The Kier molecular flexibility index (Phi) is 17.8. The van der Waals surface area contributed by atoms with Crippen molar-refractivity contribution in [1.29, 1.82) is 0 Å². The molecule has 1 aromatic heterocycles. The molecule has 0 aliphatic carbocycles. The highest BCUT2D eigenvalue weighted by molar-refractivity contribution is 6.00. The standard InChI is InChI=1S/C48H73N5O12/c1-14-19-53(20-15-2)46-50-35-22-33(17-18-37(35)63-46)24-61-51-34-25-59-43-29(6)39(49-32(9)54)27(4)23-47(10,60-26-34)42(65-45-41(56)36(52(12)13)21-28(5)62-45)30(7)40(55)31(8)44(57)64-38(16-3)48(43,11)58/h14-15,17-18,22,27-31,34,36,38,41-43,45,51,56,58H,1-2,16,19-21,23-26H2,3-13H3/t27-,28-,29+,30+,31-,34?,36+,38-,41-,42-,43-,45-,47-,48-/m1/s1. The van der Waals surface area contributed by atoms with Crippen LogP contribution < -0.4 is 10.4 Å². The van der Waals surface area contributed by atoms with Gasteiger partial charge >= 0.3 is 5.97 Å². The lowest BCUT2D eigenvalue weighted by Crippen LogP contribution is -2.60. The van der Waals surface area contributed by atoms with Crippen molar-refractivity contribution < 1.29 is 57.5 Å². The van der Waals surface area contributed by atoms with Crippen LogP contribution in [0.1, 0.15) is 87.1 Å². The highest BCUT2D eigenvalue weighted by Gasteiger charge is 2.53. The van der Waals surface area contributed by atoms with E-state index in [1.807, 2.05) is 69.8 Å². The van der Waals surface area contributed by atoms with Crippen LogP contribution in [-0.4, -0.2) is 144 Å². The van der Waals surface area contributed by atoms with Gasteiger partial charge in [-0.3, -0.25) is 19.2 Å². The van der Waals surface area contributed by atoms with E-state index in [9.17, 15) is 24.6 Å². The van der Waals surface area contributed by atoms with Crippen LogP contribution >= 0.6 is 0 Å². The lowest BCUT2D eigenvalue weighted by atomic mass is 9.73. The summed E-state index contributed by atoms with van der Waals surface area (Å²) >= 11 is 0. The second-order valence-corrected chi connectivity index (χ2v) is 18.8. The summed E-state index contributed by atoms with van der Waals surface area (Å²) in [6, 6.07) is 4.98. The van der Waals surface area contributed by atoms with Gasteiger partial charge in [0.2, 0.25) is 5.91 Å². The van der Waals surface area contributed by atoms with Gasteiger partial charge in [-0.1, -0.05) is 45.9 Å². The maximum absolute atomic E-state index is 14.6. The first kappa shape index (κ1) is 52.1. The fourth-order valence-corrected chi connectivity index (χ4v) is 9.68. The van der Waals surface area contributed by atoms with Gasteiger partial charge in [0.05, 0.1) is 49.8 Å². The lowest BCUT2D eigenvalue weighted by molar-refractivity contribution is -0.298. The van der Waals surface area contributed by atoms with E-state index in [-0.39, 0.29) is 44.8 Å². The maximum atomic E-state index is 14.6. The third kappa shape index (κ3) is 12.2. The van der Waals surface area contributed by atoms with Crippen LogP contribution in [0.15, 0.2) is 52.9 Å². The van der Waals surface area contributed by atoms with Crippen molar-refractivity contribution in [3.8, 4) is 0 Å². The number of ether oxygens (including phenoxy) is 5. The first-order chi connectivity index (χ1) is 30.6. The Morgan fingerprint density at radius 2 is 1.77 bits per heavy atom. The number of fused-ring (bicyclic) bond motifs is 6. The summed E-state index contributed by atoms with van der Waals surface area (Å²) in [5.41, 5.74) is 2.34. The number of oxazole rings is 1. The highest BCUT2D eigenvalue weighted by atomic mass is 16.7. The van der Waals surface area contributed by atoms with Crippen LogP contribution in [0.25, 0.3) is 11.1 Å². The zero-order valence-electron chi connectivity index (χ0n) is 40.2. The summed E-state index contributed by atoms with van der Waals surface area (Å²) in [5, 5.41) is 24.2. The molecule has 0 radical (unpaired) electrons.